The first-order valence-corrected chi connectivity index (χ1v) is 7.63. The van der Waals surface area contributed by atoms with Crippen molar-refractivity contribution in [3.8, 4) is 0 Å². The van der Waals surface area contributed by atoms with Crippen LogP contribution in [0.3, 0.4) is 0 Å². The number of amides is 1. The van der Waals surface area contributed by atoms with Crippen LogP contribution in [0.4, 0.5) is 0 Å². The molecule has 0 bridgehead atoms. The molecule has 2 unspecified atom stereocenters. The molecule has 2 atom stereocenters. The highest BCUT2D eigenvalue weighted by molar-refractivity contribution is 5.85. The van der Waals surface area contributed by atoms with Crippen molar-refractivity contribution >= 4 is 30.7 Å². The summed E-state index contributed by atoms with van der Waals surface area (Å²) in [6.07, 6.45) is 0.704. The van der Waals surface area contributed by atoms with Crippen molar-refractivity contribution in [1.82, 2.24) is 15.1 Å². The molecule has 0 fully saturated rings. The van der Waals surface area contributed by atoms with Gasteiger partial charge in [-0.15, -0.1) is 24.8 Å². The summed E-state index contributed by atoms with van der Waals surface area (Å²) in [7, 11) is 1.93. The van der Waals surface area contributed by atoms with Gasteiger partial charge in [-0.1, -0.05) is 20.8 Å². The van der Waals surface area contributed by atoms with Crippen LogP contribution in [0.25, 0.3) is 0 Å². The van der Waals surface area contributed by atoms with Gasteiger partial charge >= 0.3 is 0 Å². The van der Waals surface area contributed by atoms with Crippen molar-refractivity contribution in [3.63, 3.8) is 0 Å². The van der Waals surface area contributed by atoms with E-state index in [1.807, 2.05) is 39.4 Å². The molecule has 5 nitrogen and oxygen atoms in total. The topological polar surface area (TPSA) is 72.9 Å². The van der Waals surface area contributed by atoms with Gasteiger partial charge < -0.3 is 11.1 Å². The standard InChI is InChI=1S/C16H30N4O.2ClH/c1-10(2)16(6,9-17)18-15(21)11(3)8-14-12(4)19-20(7)13(14)5;;/h10-11H,8-9,17H2,1-7H3,(H,18,21);2*1H. The molecule has 0 saturated heterocycles. The van der Waals surface area contributed by atoms with E-state index in [1.54, 1.807) is 0 Å². The maximum atomic E-state index is 12.5. The minimum absolute atomic E-state index is 0. The quantitative estimate of drug-likeness (QED) is 0.812. The molecule has 0 spiro atoms. The fourth-order valence-electron chi connectivity index (χ4n) is 2.35. The fourth-order valence-corrected chi connectivity index (χ4v) is 2.35. The monoisotopic (exact) mass is 366 g/mol. The van der Waals surface area contributed by atoms with Gasteiger partial charge in [0, 0.05) is 25.2 Å². The number of hydrogen-bond acceptors (Lipinski definition) is 3. The molecule has 1 rings (SSSR count). The molecule has 1 heterocycles. The zero-order chi connectivity index (χ0) is 16.4. The molecule has 136 valence electrons. The number of carbonyl (C=O) groups is 1. The predicted molar refractivity (Wildman–Crippen MR) is 100 cm³/mol. The second-order valence-electron chi connectivity index (χ2n) is 6.64. The van der Waals surface area contributed by atoms with E-state index < -0.39 is 0 Å². The summed E-state index contributed by atoms with van der Waals surface area (Å²) in [6, 6.07) is 0. The lowest BCUT2D eigenvalue weighted by atomic mass is 9.87. The third kappa shape index (κ3) is 5.66. The van der Waals surface area contributed by atoms with Crippen molar-refractivity contribution in [1.29, 1.82) is 0 Å². The van der Waals surface area contributed by atoms with Crippen LogP contribution in [-0.2, 0) is 18.3 Å². The summed E-state index contributed by atoms with van der Waals surface area (Å²) in [5, 5.41) is 7.52. The molecule has 0 aliphatic heterocycles. The first-order valence-electron chi connectivity index (χ1n) is 7.63. The molecule has 7 heteroatoms. The minimum atomic E-state index is -0.357. The first kappa shape index (κ1) is 24.5. The first-order chi connectivity index (χ1) is 9.62. The Morgan fingerprint density at radius 1 is 1.30 bits per heavy atom. The maximum absolute atomic E-state index is 12.5. The van der Waals surface area contributed by atoms with E-state index in [-0.39, 0.29) is 42.2 Å². The molecule has 1 aromatic rings. The number of nitrogens with zero attached hydrogens (tertiary/aromatic N) is 2. The molecule has 1 amide bonds. The van der Waals surface area contributed by atoms with E-state index in [9.17, 15) is 4.79 Å². The van der Waals surface area contributed by atoms with Crippen molar-refractivity contribution in [3.05, 3.63) is 17.0 Å². The molecule has 0 aliphatic rings. The van der Waals surface area contributed by atoms with E-state index in [1.165, 1.54) is 5.56 Å². The average Bonchev–Trinajstić information content (AvgIpc) is 2.64. The molecular weight excluding hydrogens is 335 g/mol. The van der Waals surface area contributed by atoms with Gasteiger partial charge in [-0.3, -0.25) is 9.48 Å². The van der Waals surface area contributed by atoms with E-state index in [2.05, 4.69) is 24.3 Å². The molecule has 3 N–H and O–H groups in total. The van der Waals surface area contributed by atoms with Crippen LogP contribution >= 0.6 is 24.8 Å². The van der Waals surface area contributed by atoms with Gasteiger partial charge in [0.15, 0.2) is 0 Å². The van der Waals surface area contributed by atoms with Crippen molar-refractivity contribution in [2.75, 3.05) is 6.54 Å². The smallest absolute Gasteiger partial charge is 0.223 e. The van der Waals surface area contributed by atoms with Gasteiger partial charge in [-0.2, -0.15) is 5.10 Å². The van der Waals surface area contributed by atoms with E-state index >= 15 is 0 Å². The van der Waals surface area contributed by atoms with Crippen molar-refractivity contribution in [2.24, 2.45) is 24.6 Å². The fraction of sp³-hybridized carbons (Fsp3) is 0.750. The predicted octanol–water partition coefficient (Wildman–Crippen LogP) is 2.55. The summed E-state index contributed by atoms with van der Waals surface area (Å²) in [5.74, 6) is 0.246. The van der Waals surface area contributed by atoms with Crippen molar-refractivity contribution < 1.29 is 4.79 Å². The lowest BCUT2D eigenvalue weighted by molar-refractivity contribution is -0.126. The van der Waals surface area contributed by atoms with Crippen LogP contribution in [0.5, 0.6) is 0 Å². The lowest BCUT2D eigenvalue weighted by Gasteiger charge is -2.34. The molecule has 0 radical (unpaired) electrons. The minimum Gasteiger partial charge on any atom is -0.349 e. The highest BCUT2D eigenvalue weighted by Crippen LogP contribution is 2.19. The molecule has 23 heavy (non-hydrogen) atoms. The summed E-state index contributed by atoms with van der Waals surface area (Å²) in [6.45, 7) is 12.6. The lowest BCUT2D eigenvalue weighted by Crippen LogP contribution is -2.56. The van der Waals surface area contributed by atoms with E-state index in [4.69, 9.17) is 5.73 Å². The highest BCUT2D eigenvalue weighted by atomic mass is 35.5. The second-order valence-corrected chi connectivity index (χ2v) is 6.64. The summed E-state index contributed by atoms with van der Waals surface area (Å²) >= 11 is 0. The van der Waals surface area contributed by atoms with Crippen LogP contribution in [0.2, 0.25) is 0 Å². The Kier molecular flexibility index (Phi) is 10.1. The third-order valence-corrected chi connectivity index (χ3v) is 4.72. The number of halogens is 2. The SMILES string of the molecule is Cc1nn(C)c(C)c1CC(C)C(=O)NC(C)(CN)C(C)C.Cl.Cl. The Hall–Kier alpha value is -0.780. The Morgan fingerprint density at radius 2 is 1.83 bits per heavy atom. The number of nitrogens with two attached hydrogens (primary N) is 1. The van der Waals surface area contributed by atoms with E-state index in [0.717, 1.165) is 11.4 Å². The van der Waals surface area contributed by atoms with Crippen LogP contribution in [0.15, 0.2) is 0 Å². The number of nitrogens with one attached hydrogen (secondary N) is 1. The van der Waals surface area contributed by atoms with Gasteiger partial charge in [0.25, 0.3) is 0 Å². The number of aromatic nitrogens is 2. The van der Waals surface area contributed by atoms with Crippen LogP contribution in [0, 0.1) is 25.7 Å². The highest BCUT2D eigenvalue weighted by Gasteiger charge is 2.30. The molecule has 1 aromatic heterocycles. The number of aryl methyl sites for hydroxylation is 2. The Labute approximate surface area is 152 Å². The molecule has 0 aliphatic carbocycles. The zero-order valence-electron chi connectivity index (χ0n) is 15.3. The number of rotatable bonds is 6. The van der Waals surface area contributed by atoms with E-state index in [0.29, 0.717) is 18.9 Å². The number of hydrogen-bond donors (Lipinski definition) is 2. The summed E-state index contributed by atoms with van der Waals surface area (Å²) in [4.78, 5) is 12.5. The summed E-state index contributed by atoms with van der Waals surface area (Å²) < 4.78 is 1.87. The summed E-state index contributed by atoms with van der Waals surface area (Å²) in [5.41, 5.74) is 8.76. The molecule has 0 saturated carbocycles. The van der Waals surface area contributed by atoms with Gasteiger partial charge in [-0.05, 0) is 38.7 Å². The average molecular weight is 367 g/mol. The van der Waals surface area contributed by atoms with Gasteiger partial charge in [0.05, 0.1) is 11.2 Å². The Balaban J connectivity index is 0. The molecule has 0 aromatic carbocycles. The molecular formula is C16H32Cl2N4O. The normalized spacial score (nSPS) is 14.5. The van der Waals surface area contributed by atoms with Crippen LogP contribution < -0.4 is 11.1 Å². The Bertz CT molecular complexity index is 516. The van der Waals surface area contributed by atoms with Gasteiger partial charge in [0.1, 0.15) is 0 Å². The third-order valence-electron chi connectivity index (χ3n) is 4.72. The van der Waals surface area contributed by atoms with Gasteiger partial charge in [-0.25, -0.2) is 0 Å². The number of carbonyl (C=O) groups excluding carboxylic acids is 1. The van der Waals surface area contributed by atoms with Crippen LogP contribution in [-0.4, -0.2) is 27.8 Å². The second kappa shape index (κ2) is 9.50. The van der Waals surface area contributed by atoms with Crippen LogP contribution in [0.1, 0.15) is 44.6 Å². The van der Waals surface area contributed by atoms with Crippen molar-refractivity contribution in [2.45, 2.75) is 53.5 Å². The largest absolute Gasteiger partial charge is 0.349 e. The zero-order valence-corrected chi connectivity index (χ0v) is 16.9. The van der Waals surface area contributed by atoms with Gasteiger partial charge in [0.2, 0.25) is 5.91 Å². The Morgan fingerprint density at radius 3 is 2.17 bits per heavy atom. The maximum Gasteiger partial charge on any atom is 0.223 e.